The average Bonchev–Trinajstić information content (AvgIpc) is 2.99. The fourth-order valence-electron chi connectivity index (χ4n) is 1.89. The van der Waals surface area contributed by atoms with Gasteiger partial charge in [-0.05, 0) is 6.42 Å². The van der Waals surface area contributed by atoms with Gasteiger partial charge in [0.2, 0.25) is 11.8 Å². The van der Waals surface area contributed by atoms with Crippen LogP contribution in [-0.4, -0.2) is 44.9 Å². The Morgan fingerprint density at radius 3 is 2.89 bits per heavy atom. The van der Waals surface area contributed by atoms with E-state index in [1.165, 1.54) is 6.33 Å². The molecule has 0 radical (unpaired) electrons. The first-order valence-electron chi connectivity index (χ1n) is 5.86. The van der Waals surface area contributed by atoms with Gasteiger partial charge in [0, 0.05) is 19.0 Å². The summed E-state index contributed by atoms with van der Waals surface area (Å²) in [5.41, 5.74) is 0.545. The van der Waals surface area contributed by atoms with E-state index in [4.69, 9.17) is 5.11 Å². The molecule has 2 amide bonds. The molecule has 1 saturated heterocycles. The summed E-state index contributed by atoms with van der Waals surface area (Å²) in [6, 6.07) is -1.71. The Kier molecular flexibility index (Phi) is 3.79. The summed E-state index contributed by atoms with van der Waals surface area (Å²) in [4.78, 5) is 40.6. The molecule has 8 heteroatoms. The van der Waals surface area contributed by atoms with Crippen molar-refractivity contribution in [3.8, 4) is 0 Å². The van der Waals surface area contributed by atoms with Crippen LogP contribution in [0.1, 0.15) is 18.5 Å². The Morgan fingerprint density at radius 1 is 1.58 bits per heavy atom. The Labute approximate surface area is 108 Å². The lowest BCUT2D eigenvalue weighted by atomic mass is 10.1. The molecule has 102 valence electrons. The minimum atomic E-state index is -1.14. The van der Waals surface area contributed by atoms with Gasteiger partial charge in [0.25, 0.3) is 0 Å². The zero-order valence-corrected chi connectivity index (χ0v) is 10.0. The lowest BCUT2D eigenvalue weighted by Crippen LogP contribution is -2.49. The summed E-state index contributed by atoms with van der Waals surface area (Å²) in [7, 11) is 0. The monoisotopic (exact) mass is 266 g/mol. The number of H-pyrrole nitrogens is 1. The zero-order chi connectivity index (χ0) is 13.8. The van der Waals surface area contributed by atoms with Gasteiger partial charge in [0.15, 0.2) is 0 Å². The molecule has 4 N–H and O–H groups in total. The first-order chi connectivity index (χ1) is 9.06. The second-order valence-corrected chi connectivity index (χ2v) is 4.32. The molecule has 2 atom stereocenters. The van der Waals surface area contributed by atoms with E-state index in [1.807, 2.05) is 0 Å². The van der Waals surface area contributed by atoms with E-state index < -0.39 is 24.0 Å². The fraction of sp³-hybridized carbons (Fsp3) is 0.455. The van der Waals surface area contributed by atoms with Crippen LogP contribution < -0.4 is 10.6 Å². The van der Waals surface area contributed by atoms with Crippen LogP contribution in [0.2, 0.25) is 0 Å². The summed E-state index contributed by atoms with van der Waals surface area (Å²) >= 11 is 0. The number of carboxylic acids is 1. The predicted molar refractivity (Wildman–Crippen MR) is 63.0 cm³/mol. The maximum atomic E-state index is 11.8. The first-order valence-corrected chi connectivity index (χ1v) is 5.86. The van der Waals surface area contributed by atoms with Crippen LogP contribution in [0.4, 0.5) is 0 Å². The molecule has 0 aliphatic carbocycles. The Morgan fingerprint density at radius 2 is 2.37 bits per heavy atom. The number of carbonyl (C=O) groups is 3. The molecule has 1 aromatic heterocycles. The Balaban J connectivity index is 1.95. The van der Waals surface area contributed by atoms with Crippen molar-refractivity contribution < 1.29 is 19.5 Å². The van der Waals surface area contributed by atoms with Crippen LogP contribution >= 0.6 is 0 Å². The molecule has 0 saturated carbocycles. The predicted octanol–water partition coefficient (Wildman–Crippen LogP) is -1.20. The molecular formula is C11H14N4O4. The third-order valence-corrected chi connectivity index (χ3v) is 2.89. The quantitative estimate of drug-likeness (QED) is 0.533. The number of nitrogens with one attached hydrogen (secondary N) is 3. The molecule has 0 aromatic carbocycles. The van der Waals surface area contributed by atoms with Crippen LogP contribution in [0.3, 0.4) is 0 Å². The van der Waals surface area contributed by atoms with Gasteiger partial charge in [0.1, 0.15) is 12.1 Å². The summed E-state index contributed by atoms with van der Waals surface area (Å²) in [6.07, 6.45) is 3.77. The first kappa shape index (κ1) is 13.1. The van der Waals surface area contributed by atoms with Gasteiger partial charge < -0.3 is 20.7 Å². The largest absolute Gasteiger partial charge is 0.480 e. The average molecular weight is 266 g/mol. The number of aliphatic carboxylic acids is 1. The maximum absolute atomic E-state index is 11.8. The van der Waals surface area contributed by atoms with Gasteiger partial charge >= 0.3 is 5.97 Å². The van der Waals surface area contributed by atoms with E-state index in [0.29, 0.717) is 12.1 Å². The second-order valence-electron chi connectivity index (χ2n) is 4.32. The SMILES string of the molecule is O=C1CCC(C(=O)NC(Cc2c[nH]cn2)C(=O)O)N1. The highest BCUT2D eigenvalue weighted by molar-refractivity contribution is 5.92. The number of imidazole rings is 1. The van der Waals surface area contributed by atoms with Crippen LogP contribution in [0.5, 0.6) is 0 Å². The molecule has 1 aliphatic rings. The standard InChI is InChI=1S/C11H14N4O4/c16-9-2-1-7(14-9)10(17)15-8(11(18)19)3-6-4-12-5-13-6/h4-5,7-8H,1-3H2,(H,12,13)(H,14,16)(H,15,17)(H,18,19). The van der Waals surface area contributed by atoms with Crippen LogP contribution in [0.25, 0.3) is 0 Å². The summed E-state index contributed by atoms with van der Waals surface area (Å²) in [5.74, 6) is -1.81. The molecule has 1 aromatic rings. The Hall–Kier alpha value is -2.38. The van der Waals surface area contributed by atoms with Gasteiger partial charge in [-0.3, -0.25) is 9.59 Å². The topological polar surface area (TPSA) is 124 Å². The molecule has 1 fully saturated rings. The third-order valence-electron chi connectivity index (χ3n) is 2.89. The fourth-order valence-corrected chi connectivity index (χ4v) is 1.89. The molecule has 0 spiro atoms. The van der Waals surface area contributed by atoms with Crippen molar-refractivity contribution >= 4 is 17.8 Å². The number of aromatic amines is 1. The van der Waals surface area contributed by atoms with Crippen molar-refractivity contribution in [2.24, 2.45) is 0 Å². The van der Waals surface area contributed by atoms with Crippen LogP contribution in [-0.2, 0) is 20.8 Å². The van der Waals surface area contributed by atoms with Crippen molar-refractivity contribution in [2.75, 3.05) is 0 Å². The maximum Gasteiger partial charge on any atom is 0.326 e. The van der Waals surface area contributed by atoms with E-state index in [-0.39, 0.29) is 18.7 Å². The lowest BCUT2D eigenvalue weighted by molar-refractivity contribution is -0.142. The highest BCUT2D eigenvalue weighted by Crippen LogP contribution is 2.07. The number of carboxylic acid groups (broad SMARTS) is 1. The molecule has 8 nitrogen and oxygen atoms in total. The van der Waals surface area contributed by atoms with Crippen molar-refractivity contribution in [1.29, 1.82) is 0 Å². The Bertz CT molecular complexity index is 485. The van der Waals surface area contributed by atoms with E-state index in [1.54, 1.807) is 6.20 Å². The van der Waals surface area contributed by atoms with Crippen molar-refractivity contribution in [1.82, 2.24) is 20.6 Å². The van der Waals surface area contributed by atoms with E-state index >= 15 is 0 Å². The van der Waals surface area contributed by atoms with E-state index in [0.717, 1.165) is 0 Å². The molecule has 0 bridgehead atoms. The van der Waals surface area contributed by atoms with Crippen molar-refractivity contribution in [3.05, 3.63) is 18.2 Å². The second kappa shape index (κ2) is 5.51. The smallest absolute Gasteiger partial charge is 0.326 e. The lowest BCUT2D eigenvalue weighted by Gasteiger charge is -2.16. The third kappa shape index (κ3) is 3.30. The number of carbonyl (C=O) groups excluding carboxylic acids is 2. The highest BCUT2D eigenvalue weighted by atomic mass is 16.4. The number of nitrogens with zero attached hydrogens (tertiary/aromatic N) is 1. The molecule has 2 heterocycles. The zero-order valence-electron chi connectivity index (χ0n) is 10.0. The summed E-state index contributed by atoms with van der Waals surface area (Å²) < 4.78 is 0. The van der Waals surface area contributed by atoms with E-state index in [9.17, 15) is 14.4 Å². The molecule has 19 heavy (non-hydrogen) atoms. The molecular weight excluding hydrogens is 252 g/mol. The van der Waals surface area contributed by atoms with Gasteiger partial charge in [-0.2, -0.15) is 0 Å². The van der Waals surface area contributed by atoms with Gasteiger partial charge in [-0.25, -0.2) is 9.78 Å². The van der Waals surface area contributed by atoms with Crippen LogP contribution in [0.15, 0.2) is 12.5 Å². The van der Waals surface area contributed by atoms with Gasteiger partial charge in [-0.1, -0.05) is 0 Å². The van der Waals surface area contributed by atoms with E-state index in [2.05, 4.69) is 20.6 Å². The van der Waals surface area contributed by atoms with Gasteiger partial charge in [0.05, 0.1) is 12.0 Å². The van der Waals surface area contributed by atoms with Gasteiger partial charge in [-0.15, -0.1) is 0 Å². The van der Waals surface area contributed by atoms with Crippen molar-refractivity contribution in [3.63, 3.8) is 0 Å². The summed E-state index contributed by atoms with van der Waals surface area (Å²) in [5, 5.41) is 14.0. The molecule has 2 rings (SSSR count). The van der Waals surface area contributed by atoms with Crippen molar-refractivity contribution in [2.45, 2.75) is 31.3 Å². The number of rotatable bonds is 5. The normalized spacial score (nSPS) is 19.8. The number of hydrogen-bond acceptors (Lipinski definition) is 4. The molecule has 2 unspecified atom stereocenters. The van der Waals surface area contributed by atoms with Crippen LogP contribution in [0, 0.1) is 0 Å². The number of amides is 2. The molecule has 1 aliphatic heterocycles. The minimum Gasteiger partial charge on any atom is -0.480 e. The minimum absolute atomic E-state index is 0.0885. The summed E-state index contributed by atoms with van der Waals surface area (Å²) in [6.45, 7) is 0. The number of hydrogen-bond donors (Lipinski definition) is 4. The highest BCUT2D eigenvalue weighted by Gasteiger charge is 2.30. The number of aromatic nitrogens is 2.